The topological polar surface area (TPSA) is 95.3 Å². The number of hydrogen-bond acceptors (Lipinski definition) is 7. The minimum atomic E-state index is -0.391. The second-order valence-corrected chi connectivity index (χ2v) is 8.70. The third-order valence-corrected chi connectivity index (χ3v) is 6.03. The quantitative estimate of drug-likeness (QED) is 0.513. The third kappa shape index (κ3) is 3.82. The van der Waals surface area contributed by atoms with Gasteiger partial charge in [0, 0.05) is 17.3 Å². The van der Waals surface area contributed by atoms with Gasteiger partial charge in [-0.1, -0.05) is 29.8 Å². The summed E-state index contributed by atoms with van der Waals surface area (Å²) in [6.45, 7) is 4.57. The van der Waals surface area contributed by atoms with Crippen LogP contribution in [0.5, 0.6) is 11.5 Å². The molecule has 4 aromatic rings. The van der Waals surface area contributed by atoms with Crippen LogP contribution < -0.4 is 20.3 Å². The van der Waals surface area contributed by atoms with E-state index in [1.807, 2.05) is 38.1 Å². The van der Waals surface area contributed by atoms with E-state index in [4.69, 9.17) is 9.47 Å². The van der Waals surface area contributed by atoms with Gasteiger partial charge in [-0.25, -0.2) is 9.67 Å². The van der Waals surface area contributed by atoms with Crippen LogP contribution in [0, 0.1) is 13.8 Å². The Morgan fingerprint density at radius 3 is 2.62 bits per heavy atom. The molecule has 0 atom stereocenters. The van der Waals surface area contributed by atoms with E-state index in [-0.39, 0.29) is 12.5 Å². The average Bonchev–Trinajstić information content (AvgIpc) is 3.18. The molecule has 1 amide bonds. The van der Waals surface area contributed by atoms with Crippen LogP contribution in [0.3, 0.4) is 0 Å². The highest BCUT2D eigenvalue weighted by molar-refractivity contribution is 7.19. The number of amides is 1. The van der Waals surface area contributed by atoms with Gasteiger partial charge in [-0.15, -0.1) is 11.3 Å². The van der Waals surface area contributed by atoms with E-state index in [0.717, 1.165) is 20.8 Å². The molecule has 1 aliphatic heterocycles. The fraction of sp³-hybridized carbons (Fsp3) is 0.217. The van der Waals surface area contributed by atoms with Crippen LogP contribution in [0.2, 0.25) is 0 Å². The summed E-state index contributed by atoms with van der Waals surface area (Å²) in [5.74, 6) is 0.835. The lowest BCUT2D eigenvalue weighted by Gasteiger charge is -2.19. The number of hydrogen-bond donors (Lipinski definition) is 1. The molecule has 0 unspecified atom stereocenters. The number of fused-ring (bicyclic) bond motifs is 2. The molecule has 2 aromatic heterocycles. The molecule has 5 rings (SSSR count). The molecule has 3 heterocycles. The summed E-state index contributed by atoms with van der Waals surface area (Å²) in [6, 6.07) is 13.1. The van der Waals surface area contributed by atoms with Crippen LogP contribution in [0.25, 0.3) is 21.5 Å². The normalized spacial score (nSPS) is 12.7. The van der Waals surface area contributed by atoms with Gasteiger partial charge < -0.3 is 14.8 Å². The number of carbonyl (C=O) groups excluding carboxylic acids is 1. The van der Waals surface area contributed by atoms with Crippen LogP contribution in [0.15, 0.2) is 47.3 Å². The Labute approximate surface area is 187 Å². The summed E-state index contributed by atoms with van der Waals surface area (Å²) in [5.41, 5.74) is 3.11. The van der Waals surface area contributed by atoms with E-state index < -0.39 is 5.56 Å². The Kier molecular flexibility index (Phi) is 5.10. The van der Waals surface area contributed by atoms with Crippen molar-refractivity contribution in [2.45, 2.75) is 20.4 Å². The largest absolute Gasteiger partial charge is 0.486 e. The maximum Gasteiger partial charge on any atom is 0.294 e. The number of ether oxygens (including phenoxy) is 2. The summed E-state index contributed by atoms with van der Waals surface area (Å²) in [5, 5.41) is 8.10. The number of nitrogens with zero attached hydrogens (tertiary/aromatic N) is 3. The first-order valence-corrected chi connectivity index (χ1v) is 10.9. The molecule has 0 aliphatic carbocycles. The van der Waals surface area contributed by atoms with Crippen LogP contribution in [-0.4, -0.2) is 33.9 Å². The van der Waals surface area contributed by atoms with Crippen molar-refractivity contribution in [3.05, 3.63) is 63.4 Å². The molecule has 1 aliphatic rings. The molecule has 0 radical (unpaired) electrons. The number of carbonyl (C=O) groups is 1. The summed E-state index contributed by atoms with van der Waals surface area (Å²) in [7, 11) is 0. The van der Waals surface area contributed by atoms with E-state index in [1.165, 1.54) is 16.0 Å². The maximum absolute atomic E-state index is 13.0. The lowest BCUT2D eigenvalue weighted by atomic mass is 10.1. The Morgan fingerprint density at radius 2 is 1.84 bits per heavy atom. The number of aromatic nitrogens is 3. The zero-order valence-electron chi connectivity index (χ0n) is 17.5. The molecule has 0 saturated carbocycles. The summed E-state index contributed by atoms with van der Waals surface area (Å²) in [6.07, 6.45) is 0. The number of thiazole rings is 1. The highest BCUT2D eigenvalue weighted by atomic mass is 32.1. The highest BCUT2D eigenvalue weighted by Crippen LogP contribution is 2.33. The SMILES string of the molecule is Cc1ccc(-c2nn(CC(=O)Nc3ccc4c(c3)OCCO4)c(=O)c3nc(C)sc23)cc1. The van der Waals surface area contributed by atoms with Crippen molar-refractivity contribution in [1.82, 2.24) is 14.8 Å². The zero-order valence-corrected chi connectivity index (χ0v) is 18.4. The van der Waals surface area contributed by atoms with Crippen molar-refractivity contribution < 1.29 is 14.3 Å². The molecule has 2 aromatic carbocycles. The molecule has 0 fully saturated rings. The molecular formula is C23H20N4O4S. The zero-order chi connectivity index (χ0) is 22.2. The van der Waals surface area contributed by atoms with Crippen molar-refractivity contribution >= 4 is 33.1 Å². The first kappa shape index (κ1) is 20.2. The van der Waals surface area contributed by atoms with Gasteiger partial charge in [0.25, 0.3) is 5.56 Å². The van der Waals surface area contributed by atoms with Gasteiger partial charge in [-0.05, 0) is 26.0 Å². The minimum Gasteiger partial charge on any atom is -0.486 e. The molecule has 162 valence electrons. The van der Waals surface area contributed by atoms with Crippen molar-refractivity contribution in [3.63, 3.8) is 0 Å². The molecule has 32 heavy (non-hydrogen) atoms. The van der Waals surface area contributed by atoms with E-state index in [1.54, 1.807) is 18.2 Å². The van der Waals surface area contributed by atoms with Crippen molar-refractivity contribution in [2.75, 3.05) is 18.5 Å². The number of anilines is 1. The summed E-state index contributed by atoms with van der Waals surface area (Å²) in [4.78, 5) is 30.1. The van der Waals surface area contributed by atoms with Gasteiger partial charge in [0.15, 0.2) is 17.0 Å². The van der Waals surface area contributed by atoms with Crippen LogP contribution >= 0.6 is 11.3 Å². The Balaban J connectivity index is 1.47. The Hall–Kier alpha value is -3.72. The van der Waals surface area contributed by atoms with Crippen molar-refractivity contribution in [3.8, 4) is 22.8 Å². The van der Waals surface area contributed by atoms with E-state index in [2.05, 4.69) is 15.4 Å². The maximum atomic E-state index is 13.0. The third-order valence-electron chi connectivity index (χ3n) is 5.05. The summed E-state index contributed by atoms with van der Waals surface area (Å²) >= 11 is 1.42. The second kappa shape index (κ2) is 8.08. The lowest BCUT2D eigenvalue weighted by Crippen LogP contribution is -2.30. The van der Waals surface area contributed by atoms with Crippen LogP contribution in [0.4, 0.5) is 5.69 Å². The van der Waals surface area contributed by atoms with Gasteiger partial charge in [-0.3, -0.25) is 9.59 Å². The Morgan fingerprint density at radius 1 is 1.09 bits per heavy atom. The van der Waals surface area contributed by atoms with Gasteiger partial charge in [0.1, 0.15) is 25.5 Å². The molecule has 0 bridgehead atoms. The number of benzene rings is 2. The average molecular weight is 449 g/mol. The van der Waals surface area contributed by atoms with Gasteiger partial charge >= 0.3 is 0 Å². The first-order chi connectivity index (χ1) is 15.5. The van der Waals surface area contributed by atoms with Crippen molar-refractivity contribution in [2.24, 2.45) is 0 Å². The van der Waals surface area contributed by atoms with E-state index in [9.17, 15) is 9.59 Å². The minimum absolute atomic E-state index is 0.237. The first-order valence-electron chi connectivity index (χ1n) is 10.1. The smallest absolute Gasteiger partial charge is 0.294 e. The predicted octanol–water partition coefficient (Wildman–Crippen LogP) is 3.55. The fourth-order valence-electron chi connectivity index (χ4n) is 3.53. The Bertz CT molecular complexity index is 1390. The monoisotopic (exact) mass is 448 g/mol. The lowest BCUT2D eigenvalue weighted by molar-refractivity contribution is -0.117. The molecule has 1 N–H and O–H groups in total. The number of aryl methyl sites for hydroxylation is 2. The van der Waals surface area contributed by atoms with Gasteiger partial charge in [-0.2, -0.15) is 5.10 Å². The molecular weight excluding hydrogens is 428 g/mol. The second-order valence-electron chi connectivity index (χ2n) is 7.49. The fourth-order valence-corrected chi connectivity index (χ4v) is 4.45. The van der Waals surface area contributed by atoms with Crippen LogP contribution in [0.1, 0.15) is 10.6 Å². The standard InChI is InChI=1S/C23H20N4O4S/c1-13-3-5-15(6-4-13)20-22-21(24-14(2)32-22)23(29)27(26-20)12-19(28)25-16-7-8-17-18(11-16)31-10-9-30-17/h3-8,11H,9-10,12H2,1-2H3,(H,25,28). The van der Waals surface area contributed by atoms with E-state index in [0.29, 0.717) is 41.6 Å². The molecule has 9 heteroatoms. The summed E-state index contributed by atoms with van der Waals surface area (Å²) < 4.78 is 12.9. The van der Waals surface area contributed by atoms with Gasteiger partial charge in [0.2, 0.25) is 5.91 Å². The predicted molar refractivity (Wildman–Crippen MR) is 123 cm³/mol. The highest BCUT2D eigenvalue weighted by Gasteiger charge is 2.18. The molecule has 8 nitrogen and oxygen atoms in total. The van der Waals surface area contributed by atoms with Crippen molar-refractivity contribution in [1.29, 1.82) is 0 Å². The van der Waals surface area contributed by atoms with Gasteiger partial charge in [0.05, 0.1) is 9.71 Å². The molecule has 0 saturated heterocycles. The molecule has 0 spiro atoms. The number of nitrogens with one attached hydrogen (secondary N) is 1. The van der Waals surface area contributed by atoms with E-state index >= 15 is 0 Å². The number of rotatable bonds is 4. The van der Waals surface area contributed by atoms with Crippen LogP contribution in [-0.2, 0) is 11.3 Å².